The molecule has 0 aliphatic heterocycles. The predicted octanol–water partition coefficient (Wildman–Crippen LogP) is 2.06. The van der Waals surface area contributed by atoms with Gasteiger partial charge in [-0.25, -0.2) is 4.79 Å². The van der Waals surface area contributed by atoms with Crippen LogP contribution in [0.4, 0.5) is 0 Å². The summed E-state index contributed by atoms with van der Waals surface area (Å²) < 4.78 is 4.86. The number of aryl methyl sites for hydroxylation is 1. The normalized spacial score (nSPS) is 10.6. The Morgan fingerprint density at radius 1 is 1.56 bits per heavy atom. The molecule has 0 atom stereocenters. The van der Waals surface area contributed by atoms with Crippen molar-refractivity contribution in [3.8, 4) is 0 Å². The van der Waals surface area contributed by atoms with Crippen LogP contribution >= 0.6 is 11.6 Å². The highest BCUT2D eigenvalue weighted by Gasteiger charge is 2.12. The summed E-state index contributed by atoms with van der Waals surface area (Å²) in [7, 11) is 0. The Balaban J connectivity index is 2.63. The minimum absolute atomic E-state index is 0.110. The Kier molecular flexibility index (Phi) is 3.34. The lowest BCUT2D eigenvalue weighted by molar-refractivity contribution is 0.0526. The molecule has 0 aliphatic carbocycles. The molecule has 2 rings (SSSR count). The zero-order valence-electron chi connectivity index (χ0n) is 9.91. The van der Waals surface area contributed by atoms with Gasteiger partial charge in [-0.1, -0.05) is 11.6 Å². The number of H-pyrrole nitrogens is 1. The highest BCUT2D eigenvalue weighted by molar-refractivity contribution is 6.31. The van der Waals surface area contributed by atoms with Crippen molar-refractivity contribution in [3.63, 3.8) is 0 Å². The second kappa shape index (κ2) is 4.78. The lowest BCUT2D eigenvalue weighted by Crippen LogP contribution is -2.11. The molecule has 94 valence electrons. The Hall–Kier alpha value is -1.88. The maximum absolute atomic E-state index is 11.5. The van der Waals surface area contributed by atoms with Crippen molar-refractivity contribution in [2.24, 2.45) is 0 Å². The number of carbonyl (C=O) groups excluding carboxylic acids is 1. The molecule has 0 amide bonds. The molecule has 0 saturated heterocycles. The van der Waals surface area contributed by atoms with Gasteiger partial charge >= 0.3 is 5.97 Å². The quantitative estimate of drug-likeness (QED) is 0.845. The number of hydrogen-bond donors (Lipinski definition) is 1. The third-order valence-corrected chi connectivity index (χ3v) is 2.99. The summed E-state index contributed by atoms with van der Waals surface area (Å²) in [5, 5.41) is 0.110. The van der Waals surface area contributed by atoms with Gasteiger partial charge in [0.1, 0.15) is 5.02 Å². The van der Waals surface area contributed by atoms with Crippen LogP contribution in [0.3, 0.4) is 0 Å². The first-order valence-corrected chi connectivity index (χ1v) is 5.77. The lowest BCUT2D eigenvalue weighted by atomic mass is 10.2. The van der Waals surface area contributed by atoms with Crippen LogP contribution in [0, 0.1) is 6.92 Å². The SMILES string of the molecule is CCOC(=O)c1cnc2c(C)c(Cl)c(=O)[nH]c2c1. The first-order valence-electron chi connectivity index (χ1n) is 5.39. The van der Waals surface area contributed by atoms with Gasteiger partial charge in [-0.2, -0.15) is 0 Å². The van der Waals surface area contributed by atoms with E-state index in [2.05, 4.69) is 9.97 Å². The average molecular weight is 267 g/mol. The largest absolute Gasteiger partial charge is 0.462 e. The zero-order chi connectivity index (χ0) is 13.3. The summed E-state index contributed by atoms with van der Waals surface area (Å²) in [6.07, 6.45) is 1.40. The molecule has 2 aromatic rings. The molecule has 0 radical (unpaired) electrons. The maximum Gasteiger partial charge on any atom is 0.339 e. The van der Waals surface area contributed by atoms with E-state index in [9.17, 15) is 9.59 Å². The lowest BCUT2D eigenvalue weighted by Gasteiger charge is -2.05. The monoisotopic (exact) mass is 266 g/mol. The van der Waals surface area contributed by atoms with Crippen LogP contribution < -0.4 is 5.56 Å². The van der Waals surface area contributed by atoms with Crippen LogP contribution in [0.1, 0.15) is 22.8 Å². The van der Waals surface area contributed by atoms with Gasteiger partial charge in [0.15, 0.2) is 0 Å². The molecular weight excluding hydrogens is 256 g/mol. The van der Waals surface area contributed by atoms with Crippen LogP contribution in [-0.2, 0) is 4.74 Å². The number of esters is 1. The van der Waals surface area contributed by atoms with Gasteiger partial charge in [0.25, 0.3) is 5.56 Å². The van der Waals surface area contributed by atoms with Crippen molar-refractivity contribution in [2.45, 2.75) is 13.8 Å². The summed E-state index contributed by atoms with van der Waals surface area (Å²) in [5.41, 5.74) is 1.51. The van der Waals surface area contributed by atoms with Gasteiger partial charge < -0.3 is 9.72 Å². The number of nitrogens with zero attached hydrogens (tertiary/aromatic N) is 1. The summed E-state index contributed by atoms with van der Waals surface area (Å²) in [6.45, 7) is 3.71. The van der Waals surface area contributed by atoms with Gasteiger partial charge in [0.05, 0.1) is 23.2 Å². The van der Waals surface area contributed by atoms with Crippen molar-refractivity contribution in [3.05, 3.63) is 38.8 Å². The predicted molar refractivity (Wildman–Crippen MR) is 68.1 cm³/mol. The van der Waals surface area contributed by atoms with Crippen molar-refractivity contribution in [1.82, 2.24) is 9.97 Å². The average Bonchev–Trinajstić information content (AvgIpc) is 2.36. The Labute approximate surface area is 108 Å². The van der Waals surface area contributed by atoms with Crippen LogP contribution in [0.5, 0.6) is 0 Å². The number of ether oxygens (including phenoxy) is 1. The van der Waals surface area contributed by atoms with Crippen LogP contribution in [0.2, 0.25) is 5.02 Å². The molecule has 6 heteroatoms. The smallest absolute Gasteiger partial charge is 0.339 e. The summed E-state index contributed by atoms with van der Waals surface area (Å²) in [4.78, 5) is 29.8. The van der Waals surface area contributed by atoms with E-state index in [1.54, 1.807) is 13.8 Å². The van der Waals surface area contributed by atoms with E-state index >= 15 is 0 Å². The molecule has 0 fully saturated rings. The fraction of sp³-hybridized carbons (Fsp3) is 0.250. The van der Waals surface area contributed by atoms with Crippen LogP contribution in [-0.4, -0.2) is 22.5 Å². The van der Waals surface area contributed by atoms with Gasteiger partial charge in [-0.3, -0.25) is 9.78 Å². The second-order valence-electron chi connectivity index (χ2n) is 3.73. The van der Waals surface area contributed by atoms with Gasteiger partial charge in [0.2, 0.25) is 0 Å². The van der Waals surface area contributed by atoms with E-state index in [4.69, 9.17) is 16.3 Å². The first kappa shape index (κ1) is 12.6. The second-order valence-corrected chi connectivity index (χ2v) is 4.11. The fourth-order valence-electron chi connectivity index (χ4n) is 1.64. The molecule has 0 saturated carbocycles. The van der Waals surface area contributed by atoms with Crippen LogP contribution in [0.15, 0.2) is 17.1 Å². The van der Waals surface area contributed by atoms with E-state index in [1.165, 1.54) is 12.3 Å². The summed E-state index contributed by atoms with van der Waals surface area (Å²) in [5.74, 6) is -0.472. The standard InChI is InChI=1S/C12H11ClN2O3/c1-3-18-12(17)7-4-8-10(14-5-7)6(2)9(13)11(16)15-8/h4-5H,3H2,1-2H3,(H,15,16). The number of halogens is 1. The van der Waals surface area contributed by atoms with Crippen molar-refractivity contribution < 1.29 is 9.53 Å². The third-order valence-electron chi connectivity index (χ3n) is 2.53. The molecule has 2 aromatic heterocycles. The minimum Gasteiger partial charge on any atom is -0.462 e. The van der Waals surface area contributed by atoms with E-state index in [1.807, 2.05) is 0 Å². The Morgan fingerprint density at radius 2 is 2.28 bits per heavy atom. The molecule has 0 unspecified atom stereocenters. The minimum atomic E-state index is -0.472. The number of aromatic amines is 1. The fourth-order valence-corrected chi connectivity index (χ4v) is 1.77. The van der Waals surface area contributed by atoms with Crippen molar-refractivity contribution in [2.75, 3.05) is 6.61 Å². The number of nitrogens with one attached hydrogen (secondary N) is 1. The van der Waals surface area contributed by atoms with E-state index < -0.39 is 11.5 Å². The molecule has 0 spiro atoms. The molecule has 18 heavy (non-hydrogen) atoms. The maximum atomic E-state index is 11.5. The van der Waals surface area contributed by atoms with Crippen molar-refractivity contribution >= 4 is 28.6 Å². The molecule has 0 aliphatic rings. The van der Waals surface area contributed by atoms with E-state index in [0.29, 0.717) is 22.2 Å². The molecule has 2 heterocycles. The number of hydrogen-bond acceptors (Lipinski definition) is 4. The van der Waals surface area contributed by atoms with Gasteiger partial charge in [0, 0.05) is 11.8 Å². The highest BCUT2D eigenvalue weighted by atomic mass is 35.5. The highest BCUT2D eigenvalue weighted by Crippen LogP contribution is 2.19. The van der Waals surface area contributed by atoms with Gasteiger partial charge in [-0.15, -0.1) is 0 Å². The first-order chi connectivity index (χ1) is 8.54. The zero-order valence-corrected chi connectivity index (χ0v) is 10.7. The summed E-state index contributed by atoms with van der Waals surface area (Å²) >= 11 is 5.83. The van der Waals surface area contributed by atoms with Crippen molar-refractivity contribution in [1.29, 1.82) is 0 Å². The number of aromatic nitrogens is 2. The molecule has 0 aromatic carbocycles. The molecular formula is C12H11ClN2O3. The third kappa shape index (κ3) is 2.09. The Bertz CT molecular complexity index is 679. The number of pyridine rings is 2. The number of fused-ring (bicyclic) bond motifs is 1. The molecule has 5 nitrogen and oxygen atoms in total. The summed E-state index contributed by atoms with van der Waals surface area (Å²) in [6, 6.07) is 1.53. The van der Waals surface area contributed by atoms with Crippen LogP contribution in [0.25, 0.3) is 11.0 Å². The van der Waals surface area contributed by atoms with E-state index in [-0.39, 0.29) is 11.6 Å². The topological polar surface area (TPSA) is 72.0 Å². The Morgan fingerprint density at radius 3 is 2.94 bits per heavy atom. The van der Waals surface area contributed by atoms with Gasteiger partial charge in [-0.05, 0) is 19.9 Å². The number of rotatable bonds is 2. The van der Waals surface area contributed by atoms with E-state index in [0.717, 1.165) is 0 Å². The molecule has 1 N–H and O–H groups in total. The number of carbonyl (C=O) groups is 1. The molecule has 0 bridgehead atoms.